The lowest BCUT2D eigenvalue weighted by atomic mass is 9.98. The Morgan fingerprint density at radius 3 is 2.76 bits per heavy atom. The van der Waals surface area contributed by atoms with Crippen molar-refractivity contribution in [3.8, 4) is 5.75 Å². The first-order valence-electron chi connectivity index (χ1n) is 8.63. The molecule has 1 aromatic carbocycles. The van der Waals surface area contributed by atoms with Crippen molar-refractivity contribution < 1.29 is 5.11 Å². The van der Waals surface area contributed by atoms with Gasteiger partial charge >= 0.3 is 0 Å². The smallest absolute Gasteiger partial charge is 0.115 e. The zero-order chi connectivity index (χ0) is 18.0. The van der Waals surface area contributed by atoms with Gasteiger partial charge in [0.1, 0.15) is 5.75 Å². The Bertz CT molecular complexity index is 732. The summed E-state index contributed by atoms with van der Waals surface area (Å²) < 4.78 is 1.11. The minimum absolute atomic E-state index is 0.159. The first-order valence-corrected chi connectivity index (χ1v) is 10.3. The van der Waals surface area contributed by atoms with Gasteiger partial charge in [-0.05, 0) is 53.5 Å². The molecule has 1 N–H and O–H groups in total. The van der Waals surface area contributed by atoms with Crippen LogP contribution in [-0.2, 0) is 0 Å². The van der Waals surface area contributed by atoms with Crippen molar-refractivity contribution in [3.63, 3.8) is 0 Å². The first-order chi connectivity index (χ1) is 12.0. The van der Waals surface area contributed by atoms with Crippen LogP contribution in [0.4, 0.5) is 0 Å². The Morgan fingerprint density at radius 1 is 1.32 bits per heavy atom. The third-order valence-electron chi connectivity index (χ3n) is 4.90. The van der Waals surface area contributed by atoms with E-state index in [9.17, 15) is 5.11 Å². The van der Waals surface area contributed by atoms with Crippen molar-refractivity contribution in [3.05, 3.63) is 63.3 Å². The summed E-state index contributed by atoms with van der Waals surface area (Å²) in [5.41, 5.74) is 1.14. The lowest BCUT2D eigenvalue weighted by Crippen LogP contribution is -2.57. The van der Waals surface area contributed by atoms with Gasteiger partial charge in [-0.1, -0.05) is 18.2 Å². The number of phenols is 1. The Kier molecular flexibility index (Phi) is 6.00. The number of benzene rings is 1. The predicted molar refractivity (Wildman–Crippen MR) is 109 cm³/mol. The van der Waals surface area contributed by atoms with Crippen LogP contribution in [0.1, 0.15) is 30.3 Å². The van der Waals surface area contributed by atoms with Crippen LogP contribution in [0.25, 0.3) is 0 Å². The number of rotatable bonds is 5. The number of thiophene rings is 1. The fraction of sp³-hybridized carbons (Fsp3) is 0.400. The van der Waals surface area contributed by atoms with E-state index in [4.69, 9.17) is 0 Å². The molecule has 1 saturated heterocycles. The Labute approximate surface area is 162 Å². The summed E-state index contributed by atoms with van der Waals surface area (Å²) >= 11 is 5.36. The van der Waals surface area contributed by atoms with Gasteiger partial charge in [-0.2, -0.15) is 0 Å². The molecule has 25 heavy (non-hydrogen) atoms. The highest BCUT2D eigenvalue weighted by molar-refractivity contribution is 9.10. The van der Waals surface area contributed by atoms with E-state index < -0.39 is 0 Å². The second-order valence-electron chi connectivity index (χ2n) is 6.80. The summed E-state index contributed by atoms with van der Waals surface area (Å²) in [6.07, 6.45) is 1.99. The van der Waals surface area contributed by atoms with Gasteiger partial charge in [0.25, 0.3) is 0 Å². The third kappa shape index (κ3) is 4.17. The zero-order valence-electron chi connectivity index (χ0n) is 14.7. The minimum Gasteiger partial charge on any atom is -0.508 e. The first kappa shape index (κ1) is 18.6. The lowest BCUT2D eigenvalue weighted by Gasteiger charge is -2.47. The maximum Gasteiger partial charge on any atom is 0.115 e. The molecule has 1 aliphatic rings. The van der Waals surface area contributed by atoms with Crippen molar-refractivity contribution >= 4 is 27.3 Å². The summed E-state index contributed by atoms with van der Waals surface area (Å²) in [5.74, 6) is 0.323. The minimum atomic E-state index is 0.159. The molecule has 3 atom stereocenters. The second-order valence-corrected chi connectivity index (χ2v) is 8.66. The number of hydrogen-bond acceptors (Lipinski definition) is 4. The topological polar surface area (TPSA) is 26.7 Å². The number of aromatic hydroxyl groups is 1. The zero-order valence-corrected chi connectivity index (χ0v) is 17.1. The number of piperazine rings is 1. The number of nitrogens with zero attached hydrogens (tertiary/aromatic N) is 2. The van der Waals surface area contributed by atoms with Crippen LogP contribution in [-0.4, -0.2) is 46.6 Å². The fourth-order valence-corrected chi connectivity index (χ4v) is 5.28. The standard InChI is InChI=1S/C20H25BrN2OS/c1-4-8-22-11-15(3)23(12-14(22)2)20(19-10-17(21)13-25-19)16-6-5-7-18(24)9-16/h4-7,9-10,13-15,20,24H,1,8,11-12H2,2-3H3. The van der Waals surface area contributed by atoms with E-state index in [1.165, 1.54) is 4.88 Å². The van der Waals surface area contributed by atoms with Crippen LogP contribution in [0.3, 0.4) is 0 Å². The molecule has 2 heterocycles. The molecule has 0 bridgehead atoms. The number of phenolic OH excluding ortho intramolecular Hbond substituents is 1. The quantitative estimate of drug-likeness (QED) is 0.697. The molecule has 3 rings (SSSR count). The van der Waals surface area contributed by atoms with Gasteiger partial charge in [-0.25, -0.2) is 0 Å². The molecule has 1 aromatic heterocycles. The van der Waals surface area contributed by atoms with Gasteiger partial charge in [-0.3, -0.25) is 9.80 Å². The second kappa shape index (κ2) is 8.04. The van der Waals surface area contributed by atoms with Crippen molar-refractivity contribution in [1.29, 1.82) is 0 Å². The third-order valence-corrected chi connectivity index (χ3v) is 6.65. The normalized spacial score (nSPS) is 23.5. The SMILES string of the molecule is C=CCN1CC(C)N(C(c2cccc(O)c2)c2cc(Br)cs2)CC1C. The van der Waals surface area contributed by atoms with Gasteiger partial charge < -0.3 is 5.11 Å². The van der Waals surface area contributed by atoms with Gasteiger partial charge in [0.15, 0.2) is 0 Å². The fourth-order valence-electron chi connectivity index (χ4n) is 3.69. The van der Waals surface area contributed by atoms with Crippen molar-refractivity contribution in [2.75, 3.05) is 19.6 Å². The Hall–Kier alpha value is -1.14. The van der Waals surface area contributed by atoms with Crippen LogP contribution in [0.5, 0.6) is 5.75 Å². The molecule has 0 spiro atoms. The van der Waals surface area contributed by atoms with E-state index in [0.717, 1.165) is 29.7 Å². The number of hydrogen-bond donors (Lipinski definition) is 1. The van der Waals surface area contributed by atoms with Crippen molar-refractivity contribution in [1.82, 2.24) is 9.80 Å². The summed E-state index contributed by atoms with van der Waals surface area (Å²) in [5, 5.41) is 12.1. The number of halogens is 1. The highest BCUT2D eigenvalue weighted by atomic mass is 79.9. The summed E-state index contributed by atoms with van der Waals surface area (Å²) in [7, 11) is 0. The summed E-state index contributed by atoms with van der Waals surface area (Å²) in [6.45, 7) is 11.4. The molecule has 0 aliphatic carbocycles. The summed E-state index contributed by atoms with van der Waals surface area (Å²) in [6, 6.07) is 10.9. The molecular formula is C20H25BrN2OS. The maximum absolute atomic E-state index is 10.00. The largest absolute Gasteiger partial charge is 0.508 e. The summed E-state index contributed by atoms with van der Waals surface area (Å²) in [4.78, 5) is 6.35. The van der Waals surface area contributed by atoms with Crippen LogP contribution in [0, 0.1) is 0 Å². The van der Waals surface area contributed by atoms with Gasteiger partial charge in [0, 0.05) is 46.4 Å². The van der Waals surface area contributed by atoms with E-state index in [-0.39, 0.29) is 6.04 Å². The lowest BCUT2D eigenvalue weighted by molar-refractivity contribution is 0.0315. The molecule has 1 aliphatic heterocycles. The monoisotopic (exact) mass is 420 g/mol. The van der Waals surface area contributed by atoms with Crippen molar-refractivity contribution in [2.24, 2.45) is 0 Å². The molecular weight excluding hydrogens is 396 g/mol. The molecule has 5 heteroatoms. The predicted octanol–water partition coefficient (Wildman–Crippen LogP) is 4.89. The molecule has 2 aromatic rings. The molecule has 1 fully saturated rings. The van der Waals surface area contributed by atoms with Crippen LogP contribution < -0.4 is 0 Å². The Balaban J connectivity index is 1.96. The van der Waals surface area contributed by atoms with E-state index in [0.29, 0.717) is 17.8 Å². The van der Waals surface area contributed by atoms with Crippen LogP contribution in [0.15, 0.2) is 52.8 Å². The molecule has 3 unspecified atom stereocenters. The highest BCUT2D eigenvalue weighted by Gasteiger charge is 2.35. The van der Waals surface area contributed by atoms with Crippen LogP contribution >= 0.6 is 27.3 Å². The van der Waals surface area contributed by atoms with Crippen LogP contribution in [0.2, 0.25) is 0 Å². The molecule has 0 radical (unpaired) electrons. The van der Waals surface area contributed by atoms with E-state index in [2.05, 4.69) is 63.7 Å². The highest BCUT2D eigenvalue weighted by Crippen LogP contribution is 2.38. The molecule has 0 amide bonds. The van der Waals surface area contributed by atoms with E-state index >= 15 is 0 Å². The molecule has 0 saturated carbocycles. The average Bonchev–Trinajstić information content (AvgIpc) is 2.98. The molecule has 3 nitrogen and oxygen atoms in total. The van der Waals surface area contributed by atoms with Gasteiger partial charge in [0.2, 0.25) is 0 Å². The average molecular weight is 421 g/mol. The van der Waals surface area contributed by atoms with E-state index in [1.54, 1.807) is 17.4 Å². The van der Waals surface area contributed by atoms with Gasteiger partial charge in [-0.15, -0.1) is 17.9 Å². The maximum atomic E-state index is 10.00. The van der Waals surface area contributed by atoms with Gasteiger partial charge in [0.05, 0.1) is 6.04 Å². The Morgan fingerprint density at radius 2 is 2.12 bits per heavy atom. The molecule has 134 valence electrons. The van der Waals surface area contributed by atoms with E-state index in [1.807, 2.05) is 18.2 Å². The van der Waals surface area contributed by atoms with Crippen molar-refractivity contribution in [2.45, 2.75) is 32.0 Å².